The van der Waals surface area contributed by atoms with E-state index in [1.807, 2.05) is 6.92 Å². The van der Waals surface area contributed by atoms with E-state index in [0.717, 1.165) is 6.54 Å². The summed E-state index contributed by atoms with van der Waals surface area (Å²) in [5.41, 5.74) is 20.3. The molecule has 7 nitrogen and oxygen atoms in total. The average Bonchev–Trinajstić information content (AvgIpc) is 1.84. The zero-order chi connectivity index (χ0) is 9.56. The van der Waals surface area contributed by atoms with Gasteiger partial charge >= 0.3 is 0 Å². The standard InChI is InChI=1S/C3H6N6.C2H7N/c4-1-7-2(5)9-3(6)8-1;1-2-3/h(H6,4,5,6,7,8,9);2-3H2,1H3. The summed E-state index contributed by atoms with van der Waals surface area (Å²) in [6.07, 6.45) is 0. The Morgan fingerprint density at radius 3 is 1.25 bits per heavy atom. The molecule has 0 amide bonds. The Balaban J connectivity index is 0.000000354. The van der Waals surface area contributed by atoms with E-state index in [9.17, 15) is 0 Å². The first-order valence-corrected chi connectivity index (χ1v) is 3.32. The van der Waals surface area contributed by atoms with Gasteiger partial charge in [-0.15, -0.1) is 0 Å². The van der Waals surface area contributed by atoms with Crippen LogP contribution in [-0.2, 0) is 0 Å². The van der Waals surface area contributed by atoms with Crippen LogP contribution in [0.3, 0.4) is 0 Å². The third kappa shape index (κ3) is 4.23. The highest BCUT2D eigenvalue weighted by Crippen LogP contribution is 1.97. The molecule has 8 N–H and O–H groups in total. The van der Waals surface area contributed by atoms with E-state index in [1.54, 1.807) is 0 Å². The number of anilines is 3. The van der Waals surface area contributed by atoms with Gasteiger partial charge in [-0.2, -0.15) is 15.0 Å². The van der Waals surface area contributed by atoms with Gasteiger partial charge in [-0.3, -0.25) is 0 Å². The molecule has 1 heterocycles. The quantitative estimate of drug-likeness (QED) is 0.375. The first kappa shape index (κ1) is 10.4. The highest BCUT2D eigenvalue weighted by molar-refractivity contribution is 5.33. The summed E-state index contributed by atoms with van der Waals surface area (Å²) >= 11 is 0. The van der Waals surface area contributed by atoms with Gasteiger partial charge in [0.2, 0.25) is 17.8 Å². The Labute approximate surface area is 70.2 Å². The lowest BCUT2D eigenvalue weighted by molar-refractivity contribution is 1.09. The van der Waals surface area contributed by atoms with Crippen LogP contribution in [-0.4, -0.2) is 21.5 Å². The van der Waals surface area contributed by atoms with E-state index >= 15 is 0 Å². The number of aromatic nitrogens is 3. The summed E-state index contributed by atoms with van der Waals surface area (Å²) in [5.74, 6) is 0.125. The molecule has 0 aliphatic rings. The highest BCUT2D eigenvalue weighted by Gasteiger charge is 1.93. The van der Waals surface area contributed by atoms with Gasteiger partial charge in [-0.25, -0.2) is 0 Å². The van der Waals surface area contributed by atoms with Crippen molar-refractivity contribution in [3.8, 4) is 0 Å². The zero-order valence-corrected chi connectivity index (χ0v) is 6.86. The predicted molar refractivity (Wildman–Crippen MR) is 47.8 cm³/mol. The summed E-state index contributed by atoms with van der Waals surface area (Å²) in [7, 11) is 0. The van der Waals surface area contributed by atoms with Crippen LogP contribution >= 0.6 is 0 Å². The van der Waals surface area contributed by atoms with Crippen molar-refractivity contribution in [3.63, 3.8) is 0 Å². The Bertz CT molecular complexity index is 185. The van der Waals surface area contributed by atoms with Crippen molar-refractivity contribution in [3.05, 3.63) is 0 Å². The van der Waals surface area contributed by atoms with Crippen LogP contribution in [0, 0.1) is 0 Å². The number of nitrogens with zero attached hydrogens (tertiary/aromatic N) is 3. The number of hydrogen-bond acceptors (Lipinski definition) is 7. The van der Waals surface area contributed by atoms with E-state index in [1.165, 1.54) is 0 Å². The molecule has 0 atom stereocenters. The molecule has 0 aliphatic heterocycles. The van der Waals surface area contributed by atoms with Crippen LogP contribution < -0.4 is 22.9 Å². The second kappa shape index (κ2) is 5.08. The van der Waals surface area contributed by atoms with Crippen molar-refractivity contribution in [2.75, 3.05) is 23.7 Å². The van der Waals surface area contributed by atoms with Crippen molar-refractivity contribution >= 4 is 17.8 Å². The van der Waals surface area contributed by atoms with Gasteiger partial charge in [0.05, 0.1) is 0 Å². The molecule has 1 rings (SSSR count). The van der Waals surface area contributed by atoms with Crippen molar-refractivity contribution < 1.29 is 0 Å². The molecule has 68 valence electrons. The Hall–Kier alpha value is -1.63. The lowest BCUT2D eigenvalue weighted by atomic mass is 10.8. The Kier molecular flexibility index (Phi) is 4.39. The van der Waals surface area contributed by atoms with Crippen LogP contribution in [0.25, 0.3) is 0 Å². The Morgan fingerprint density at radius 1 is 0.917 bits per heavy atom. The van der Waals surface area contributed by atoms with Crippen molar-refractivity contribution in [2.45, 2.75) is 6.92 Å². The van der Waals surface area contributed by atoms with Gasteiger partial charge in [0.15, 0.2) is 0 Å². The maximum Gasteiger partial charge on any atom is 0.226 e. The van der Waals surface area contributed by atoms with E-state index in [2.05, 4.69) is 15.0 Å². The average molecular weight is 171 g/mol. The molecule has 0 saturated heterocycles. The topological polar surface area (TPSA) is 143 Å². The van der Waals surface area contributed by atoms with Gasteiger partial charge in [-0.05, 0) is 6.54 Å². The summed E-state index contributed by atoms with van der Waals surface area (Å²) in [6.45, 7) is 2.65. The van der Waals surface area contributed by atoms with Gasteiger partial charge in [-0.1, -0.05) is 6.92 Å². The minimum Gasteiger partial charge on any atom is -0.368 e. The van der Waals surface area contributed by atoms with E-state index in [4.69, 9.17) is 22.9 Å². The third-order valence-corrected chi connectivity index (χ3v) is 0.687. The lowest BCUT2D eigenvalue weighted by Gasteiger charge is -1.93. The molecule has 0 bridgehead atoms. The second-order valence-electron chi connectivity index (χ2n) is 1.82. The van der Waals surface area contributed by atoms with Gasteiger partial charge < -0.3 is 22.9 Å². The molecular formula is C5H13N7. The van der Waals surface area contributed by atoms with Crippen LogP contribution in [0.2, 0.25) is 0 Å². The molecule has 0 aromatic carbocycles. The number of nitrogen functional groups attached to an aromatic ring is 3. The van der Waals surface area contributed by atoms with Crippen LogP contribution in [0.1, 0.15) is 6.92 Å². The normalized spacial score (nSPS) is 8.50. The fraction of sp³-hybridized carbons (Fsp3) is 0.400. The Morgan fingerprint density at radius 2 is 1.08 bits per heavy atom. The molecule has 0 unspecified atom stereocenters. The molecule has 7 heteroatoms. The predicted octanol–water partition coefficient (Wildman–Crippen LogP) is -1.42. The molecule has 12 heavy (non-hydrogen) atoms. The van der Waals surface area contributed by atoms with Crippen LogP contribution in [0.5, 0.6) is 0 Å². The van der Waals surface area contributed by atoms with Crippen LogP contribution in [0.4, 0.5) is 17.8 Å². The summed E-state index contributed by atoms with van der Waals surface area (Å²) in [6, 6.07) is 0. The largest absolute Gasteiger partial charge is 0.368 e. The molecule has 0 fully saturated rings. The molecule has 0 saturated carbocycles. The number of hydrogen-bond donors (Lipinski definition) is 4. The fourth-order valence-electron chi connectivity index (χ4n) is 0.427. The van der Waals surface area contributed by atoms with Crippen molar-refractivity contribution in [1.29, 1.82) is 0 Å². The fourth-order valence-corrected chi connectivity index (χ4v) is 0.427. The maximum atomic E-state index is 5.14. The van der Waals surface area contributed by atoms with Gasteiger partial charge in [0, 0.05) is 0 Å². The van der Waals surface area contributed by atoms with Crippen molar-refractivity contribution in [1.82, 2.24) is 15.0 Å². The minimum absolute atomic E-state index is 0.0417. The molecule has 1 aromatic rings. The van der Waals surface area contributed by atoms with E-state index in [0.29, 0.717) is 0 Å². The maximum absolute atomic E-state index is 5.14. The molecule has 0 aliphatic carbocycles. The summed E-state index contributed by atoms with van der Waals surface area (Å²) in [4.78, 5) is 10.5. The molecule has 0 spiro atoms. The van der Waals surface area contributed by atoms with E-state index in [-0.39, 0.29) is 17.8 Å². The van der Waals surface area contributed by atoms with Crippen LogP contribution in [0.15, 0.2) is 0 Å². The third-order valence-electron chi connectivity index (χ3n) is 0.687. The first-order valence-electron chi connectivity index (χ1n) is 3.32. The zero-order valence-electron chi connectivity index (χ0n) is 6.86. The molecule has 1 aromatic heterocycles. The van der Waals surface area contributed by atoms with Crippen molar-refractivity contribution in [2.24, 2.45) is 5.73 Å². The SMILES string of the molecule is CCN.Nc1nc(N)nc(N)n1. The minimum atomic E-state index is 0.0417. The number of rotatable bonds is 0. The first-order chi connectivity index (χ1) is 5.60. The summed E-state index contributed by atoms with van der Waals surface area (Å²) < 4.78 is 0. The second-order valence-corrected chi connectivity index (χ2v) is 1.82. The number of nitrogens with two attached hydrogens (primary N) is 4. The summed E-state index contributed by atoms with van der Waals surface area (Å²) in [5, 5.41) is 0. The van der Waals surface area contributed by atoms with Gasteiger partial charge in [0.1, 0.15) is 0 Å². The molecule has 0 radical (unpaired) electrons. The monoisotopic (exact) mass is 171 g/mol. The smallest absolute Gasteiger partial charge is 0.226 e. The highest BCUT2D eigenvalue weighted by atomic mass is 15.2. The lowest BCUT2D eigenvalue weighted by Crippen LogP contribution is -2.05. The molecular weight excluding hydrogens is 158 g/mol. The van der Waals surface area contributed by atoms with Gasteiger partial charge in [0.25, 0.3) is 0 Å². The van der Waals surface area contributed by atoms with E-state index < -0.39 is 0 Å².